The zero-order valence-corrected chi connectivity index (χ0v) is 18.5. The number of nitrogens with one attached hydrogen (secondary N) is 2. The number of morpholine rings is 1. The zero-order chi connectivity index (χ0) is 23.6. The van der Waals surface area contributed by atoms with Crippen LogP contribution in [0, 0.1) is 0 Å². The average Bonchev–Trinajstić information content (AvgIpc) is 3.06. The Labute approximate surface area is 196 Å². The van der Waals surface area contributed by atoms with E-state index in [1.54, 1.807) is 24.3 Å². The SMILES string of the molecule is O=C1COCC(Cc2ccc(Oc3ccc(/C=C4\SC(=S)NC4=O)cc3C(F)(F)F)cc2)N1. The lowest BCUT2D eigenvalue weighted by Gasteiger charge is -2.23. The quantitative estimate of drug-likeness (QED) is 0.483. The van der Waals surface area contributed by atoms with Crippen molar-refractivity contribution in [2.24, 2.45) is 0 Å². The molecule has 0 aliphatic carbocycles. The second-order valence-corrected chi connectivity index (χ2v) is 9.05. The minimum absolute atomic E-state index is 0.0418. The van der Waals surface area contributed by atoms with Crippen LogP contribution in [0.3, 0.4) is 0 Å². The van der Waals surface area contributed by atoms with Gasteiger partial charge in [-0.1, -0.05) is 42.2 Å². The van der Waals surface area contributed by atoms with Gasteiger partial charge in [0.2, 0.25) is 5.91 Å². The van der Waals surface area contributed by atoms with Crippen molar-refractivity contribution in [2.75, 3.05) is 13.2 Å². The molecule has 0 radical (unpaired) electrons. The Morgan fingerprint density at radius 3 is 2.58 bits per heavy atom. The molecule has 2 aromatic rings. The van der Waals surface area contributed by atoms with Gasteiger partial charge in [-0.05, 0) is 47.9 Å². The van der Waals surface area contributed by atoms with Crippen molar-refractivity contribution in [1.29, 1.82) is 0 Å². The first kappa shape index (κ1) is 23.3. The van der Waals surface area contributed by atoms with Crippen LogP contribution in [0.15, 0.2) is 47.4 Å². The van der Waals surface area contributed by atoms with Crippen LogP contribution in [0.25, 0.3) is 6.08 Å². The number of thioether (sulfide) groups is 1. The first-order chi connectivity index (χ1) is 15.7. The van der Waals surface area contributed by atoms with Crippen molar-refractivity contribution in [3.8, 4) is 11.5 Å². The van der Waals surface area contributed by atoms with Gasteiger partial charge in [0, 0.05) is 0 Å². The van der Waals surface area contributed by atoms with Gasteiger partial charge < -0.3 is 20.1 Å². The molecule has 4 rings (SSSR count). The smallest absolute Gasteiger partial charge is 0.420 e. The Morgan fingerprint density at radius 1 is 1.18 bits per heavy atom. The Morgan fingerprint density at radius 2 is 1.94 bits per heavy atom. The average molecular weight is 495 g/mol. The van der Waals surface area contributed by atoms with Gasteiger partial charge in [0.25, 0.3) is 5.91 Å². The first-order valence-electron chi connectivity index (χ1n) is 9.77. The molecule has 2 saturated heterocycles. The van der Waals surface area contributed by atoms with Crippen LogP contribution < -0.4 is 15.4 Å². The molecule has 0 spiro atoms. The van der Waals surface area contributed by atoms with Gasteiger partial charge in [-0.2, -0.15) is 13.2 Å². The monoisotopic (exact) mass is 494 g/mol. The van der Waals surface area contributed by atoms with E-state index in [1.165, 1.54) is 18.2 Å². The summed E-state index contributed by atoms with van der Waals surface area (Å²) in [5.41, 5.74) is 0.111. The van der Waals surface area contributed by atoms with E-state index in [0.29, 0.717) is 13.0 Å². The Balaban J connectivity index is 1.51. The summed E-state index contributed by atoms with van der Waals surface area (Å²) in [6.45, 7) is 0.438. The fourth-order valence-electron chi connectivity index (χ4n) is 3.34. The molecule has 2 N–H and O–H groups in total. The van der Waals surface area contributed by atoms with Crippen LogP contribution in [-0.4, -0.2) is 35.4 Å². The molecule has 33 heavy (non-hydrogen) atoms. The van der Waals surface area contributed by atoms with Gasteiger partial charge in [0.15, 0.2) is 0 Å². The Bertz CT molecular complexity index is 1130. The highest BCUT2D eigenvalue weighted by Gasteiger charge is 2.35. The van der Waals surface area contributed by atoms with Gasteiger partial charge in [-0.3, -0.25) is 9.59 Å². The second-order valence-electron chi connectivity index (χ2n) is 7.34. The summed E-state index contributed by atoms with van der Waals surface area (Å²) in [6, 6.07) is 10.0. The van der Waals surface area contributed by atoms with Crippen molar-refractivity contribution in [2.45, 2.75) is 18.6 Å². The highest BCUT2D eigenvalue weighted by Crippen LogP contribution is 2.39. The number of carbonyl (C=O) groups is 2. The van der Waals surface area contributed by atoms with E-state index < -0.39 is 17.6 Å². The van der Waals surface area contributed by atoms with E-state index >= 15 is 0 Å². The van der Waals surface area contributed by atoms with Crippen LogP contribution in [-0.2, 0) is 26.9 Å². The summed E-state index contributed by atoms with van der Waals surface area (Å²) < 4.78 is 52.0. The van der Waals surface area contributed by atoms with Gasteiger partial charge in [0.1, 0.15) is 22.4 Å². The fraction of sp³-hybridized carbons (Fsp3) is 0.227. The highest BCUT2D eigenvalue weighted by atomic mass is 32.2. The Hall–Kier alpha value is -2.89. The molecule has 2 amide bonds. The number of rotatable bonds is 5. The number of carbonyl (C=O) groups excluding carboxylic acids is 2. The van der Waals surface area contributed by atoms with Crippen LogP contribution in [0.4, 0.5) is 13.2 Å². The number of ether oxygens (including phenoxy) is 2. The number of hydrogen-bond donors (Lipinski definition) is 2. The maximum absolute atomic E-state index is 13.7. The predicted octanol–water partition coefficient (Wildman–Crippen LogP) is 4.04. The maximum Gasteiger partial charge on any atom is 0.420 e. The third-order valence-electron chi connectivity index (χ3n) is 4.80. The van der Waals surface area contributed by atoms with E-state index in [-0.39, 0.29) is 44.8 Å². The molecular formula is C22H17F3N2O4S2. The number of benzene rings is 2. The normalized spacial score (nSPS) is 20.0. The number of hydrogen-bond acceptors (Lipinski definition) is 6. The molecule has 0 saturated carbocycles. The standard InChI is InChI=1S/C22H17F3N2O4S2/c23-22(24,25)16-8-13(9-18-20(29)27-21(32)33-18)3-6-17(16)31-15-4-1-12(2-5-15)7-14-10-30-11-19(28)26-14/h1-6,8-9,14H,7,10-11H2,(H,26,28)(H,27,29,32)/b18-9-. The van der Waals surface area contributed by atoms with E-state index in [2.05, 4.69) is 10.6 Å². The summed E-state index contributed by atoms with van der Waals surface area (Å²) in [5, 5.41) is 5.24. The van der Waals surface area contributed by atoms with Gasteiger partial charge in [-0.15, -0.1) is 0 Å². The van der Waals surface area contributed by atoms with Crippen LogP contribution in [0.5, 0.6) is 11.5 Å². The molecule has 6 nitrogen and oxygen atoms in total. The lowest BCUT2D eigenvalue weighted by Crippen LogP contribution is -2.46. The van der Waals surface area contributed by atoms with Crippen molar-refractivity contribution in [3.63, 3.8) is 0 Å². The number of halogens is 3. The molecule has 0 bridgehead atoms. The molecule has 0 aromatic heterocycles. The first-order valence-corrected chi connectivity index (χ1v) is 11.0. The summed E-state index contributed by atoms with van der Waals surface area (Å²) in [5.74, 6) is -0.752. The van der Waals surface area contributed by atoms with Crippen LogP contribution in [0.2, 0.25) is 0 Å². The third kappa shape index (κ3) is 5.92. The molecule has 1 atom stereocenters. The number of alkyl halides is 3. The fourth-order valence-corrected chi connectivity index (χ4v) is 4.38. The number of amides is 2. The summed E-state index contributed by atoms with van der Waals surface area (Å²) in [6.07, 6.45) is -2.79. The predicted molar refractivity (Wildman–Crippen MR) is 121 cm³/mol. The number of thiocarbonyl (C=S) groups is 1. The largest absolute Gasteiger partial charge is 0.457 e. The van der Waals surface area contributed by atoms with Crippen molar-refractivity contribution in [1.82, 2.24) is 10.6 Å². The molecule has 2 heterocycles. The van der Waals surface area contributed by atoms with Crippen molar-refractivity contribution in [3.05, 3.63) is 64.1 Å². The summed E-state index contributed by atoms with van der Waals surface area (Å²) >= 11 is 5.88. The highest BCUT2D eigenvalue weighted by molar-refractivity contribution is 8.26. The van der Waals surface area contributed by atoms with Crippen molar-refractivity contribution < 1.29 is 32.2 Å². The third-order valence-corrected chi connectivity index (χ3v) is 5.96. The molecule has 2 aliphatic heterocycles. The molecular weight excluding hydrogens is 477 g/mol. The van der Waals surface area contributed by atoms with E-state index in [1.807, 2.05) is 0 Å². The summed E-state index contributed by atoms with van der Waals surface area (Å²) in [4.78, 5) is 23.4. The molecule has 11 heteroatoms. The topological polar surface area (TPSA) is 76.7 Å². The molecule has 2 aliphatic rings. The molecule has 1 unspecified atom stereocenters. The Kier molecular flexibility index (Phi) is 6.73. The van der Waals surface area contributed by atoms with E-state index in [9.17, 15) is 22.8 Å². The summed E-state index contributed by atoms with van der Waals surface area (Å²) in [7, 11) is 0. The molecule has 172 valence electrons. The van der Waals surface area contributed by atoms with Gasteiger partial charge >= 0.3 is 6.18 Å². The van der Waals surface area contributed by atoms with Crippen LogP contribution in [0.1, 0.15) is 16.7 Å². The van der Waals surface area contributed by atoms with E-state index in [4.69, 9.17) is 21.7 Å². The lowest BCUT2D eigenvalue weighted by molar-refractivity contribution is -0.138. The van der Waals surface area contributed by atoms with Gasteiger partial charge in [0.05, 0.1) is 23.1 Å². The minimum Gasteiger partial charge on any atom is -0.457 e. The zero-order valence-electron chi connectivity index (χ0n) is 16.9. The van der Waals surface area contributed by atoms with Gasteiger partial charge in [-0.25, -0.2) is 0 Å². The van der Waals surface area contributed by atoms with Crippen molar-refractivity contribution >= 4 is 46.2 Å². The van der Waals surface area contributed by atoms with E-state index in [0.717, 1.165) is 23.4 Å². The van der Waals surface area contributed by atoms with Crippen LogP contribution >= 0.6 is 24.0 Å². The molecule has 2 aromatic carbocycles. The maximum atomic E-state index is 13.7. The minimum atomic E-state index is -4.66. The lowest BCUT2D eigenvalue weighted by atomic mass is 10.1. The molecule has 2 fully saturated rings. The second kappa shape index (κ2) is 9.54.